The molecule has 0 aliphatic rings. The summed E-state index contributed by atoms with van der Waals surface area (Å²) in [7, 11) is 0. The van der Waals surface area contributed by atoms with Gasteiger partial charge in [-0.15, -0.1) is 11.3 Å². The first-order valence-corrected chi connectivity index (χ1v) is 6.19. The summed E-state index contributed by atoms with van der Waals surface area (Å²) >= 11 is 7.22. The molecule has 1 unspecified atom stereocenters. The summed E-state index contributed by atoms with van der Waals surface area (Å²) in [5, 5.41) is 11.8. The van der Waals surface area contributed by atoms with E-state index in [0.717, 1.165) is 10.9 Å². The van der Waals surface area contributed by atoms with Gasteiger partial charge in [-0.2, -0.15) is 0 Å². The Bertz CT molecular complexity index is 513. The zero-order valence-electron chi connectivity index (χ0n) is 8.66. The standard InChI is InChI=1S/C12H9ClF2OS/c13-8-3-4-9(14)12(15)11(8)10(16)6-7-2-1-5-17-7/h1-5,10,16H,6H2. The molecule has 17 heavy (non-hydrogen) atoms. The minimum absolute atomic E-state index is 0.0351. The van der Waals surface area contributed by atoms with Gasteiger partial charge in [-0.1, -0.05) is 17.7 Å². The fraction of sp³-hybridized carbons (Fsp3) is 0.167. The molecule has 0 amide bonds. The van der Waals surface area contributed by atoms with E-state index in [0.29, 0.717) is 0 Å². The molecule has 1 heterocycles. The van der Waals surface area contributed by atoms with Crippen molar-refractivity contribution in [2.24, 2.45) is 0 Å². The van der Waals surface area contributed by atoms with Crippen LogP contribution in [0.2, 0.25) is 5.02 Å². The fourth-order valence-corrected chi connectivity index (χ4v) is 2.58. The molecule has 1 aromatic heterocycles. The monoisotopic (exact) mass is 274 g/mol. The Morgan fingerprint density at radius 1 is 1.29 bits per heavy atom. The highest BCUT2D eigenvalue weighted by atomic mass is 35.5. The van der Waals surface area contributed by atoms with Crippen LogP contribution < -0.4 is 0 Å². The summed E-state index contributed by atoms with van der Waals surface area (Å²) in [6.45, 7) is 0. The molecule has 0 saturated heterocycles. The van der Waals surface area contributed by atoms with Crippen LogP contribution in [0.15, 0.2) is 29.6 Å². The summed E-state index contributed by atoms with van der Waals surface area (Å²) in [6, 6.07) is 5.83. The van der Waals surface area contributed by atoms with Crippen molar-refractivity contribution in [1.29, 1.82) is 0 Å². The van der Waals surface area contributed by atoms with E-state index < -0.39 is 17.7 Å². The number of rotatable bonds is 3. The summed E-state index contributed by atoms with van der Waals surface area (Å²) < 4.78 is 26.6. The van der Waals surface area contributed by atoms with Crippen molar-refractivity contribution in [3.05, 3.63) is 56.7 Å². The average Bonchev–Trinajstić information content (AvgIpc) is 2.77. The van der Waals surface area contributed by atoms with Crippen molar-refractivity contribution in [2.45, 2.75) is 12.5 Å². The normalized spacial score (nSPS) is 12.7. The molecule has 1 nitrogen and oxygen atoms in total. The van der Waals surface area contributed by atoms with Gasteiger partial charge in [-0.3, -0.25) is 0 Å². The van der Waals surface area contributed by atoms with Gasteiger partial charge in [-0.05, 0) is 23.6 Å². The Hall–Kier alpha value is -0.970. The Morgan fingerprint density at radius 2 is 2.06 bits per heavy atom. The van der Waals surface area contributed by atoms with E-state index in [-0.39, 0.29) is 17.0 Å². The van der Waals surface area contributed by atoms with Gasteiger partial charge in [-0.25, -0.2) is 8.78 Å². The molecule has 5 heteroatoms. The first kappa shape index (κ1) is 12.5. The number of halogens is 3. The lowest BCUT2D eigenvalue weighted by atomic mass is 10.0. The average molecular weight is 275 g/mol. The molecule has 0 fully saturated rings. The van der Waals surface area contributed by atoms with Crippen LogP contribution in [0.5, 0.6) is 0 Å². The molecule has 1 atom stereocenters. The zero-order valence-corrected chi connectivity index (χ0v) is 10.2. The van der Waals surface area contributed by atoms with Crippen LogP contribution in [-0.4, -0.2) is 5.11 Å². The van der Waals surface area contributed by atoms with Crippen LogP contribution in [-0.2, 0) is 6.42 Å². The van der Waals surface area contributed by atoms with Gasteiger partial charge in [0.25, 0.3) is 0 Å². The SMILES string of the molecule is OC(Cc1cccs1)c1c(Cl)ccc(F)c1F. The Balaban J connectivity index is 2.30. The topological polar surface area (TPSA) is 20.2 Å². The van der Waals surface area contributed by atoms with E-state index in [1.54, 1.807) is 0 Å². The van der Waals surface area contributed by atoms with Crippen molar-refractivity contribution in [3.8, 4) is 0 Å². The maximum absolute atomic E-state index is 13.5. The van der Waals surface area contributed by atoms with E-state index >= 15 is 0 Å². The Labute approximate surface area is 106 Å². The molecule has 0 aliphatic heterocycles. The van der Waals surface area contributed by atoms with E-state index in [1.807, 2.05) is 17.5 Å². The largest absolute Gasteiger partial charge is 0.388 e. The quantitative estimate of drug-likeness (QED) is 0.840. The first-order chi connectivity index (χ1) is 8.09. The molecule has 1 N–H and O–H groups in total. The first-order valence-electron chi connectivity index (χ1n) is 4.93. The van der Waals surface area contributed by atoms with Crippen molar-refractivity contribution in [3.63, 3.8) is 0 Å². The van der Waals surface area contributed by atoms with Crippen LogP contribution >= 0.6 is 22.9 Å². The molecule has 2 rings (SSSR count). The second kappa shape index (κ2) is 5.12. The van der Waals surface area contributed by atoms with Gasteiger partial charge in [0.2, 0.25) is 0 Å². The predicted molar refractivity (Wildman–Crippen MR) is 64.4 cm³/mol. The number of aliphatic hydroxyl groups excluding tert-OH is 1. The van der Waals surface area contributed by atoms with E-state index in [9.17, 15) is 13.9 Å². The maximum atomic E-state index is 13.5. The van der Waals surface area contributed by atoms with Crippen molar-refractivity contribution < 1.29 is 13.9 Å². The lowest BCUT2D eigenvalue weighted by molar-refractivity contribution is 0.173. The summed E-state index contributed by atoms with van der Waals surface area (Å²) in [5.74, 6) is -2.09. The van der Waals surface area contributed by atoms with Gasteiger partial charge in [0.05, 0.1) is 6.10 Å². The van der Waals surface area contributed by atoms with E-state index in [2.05, 4.69) is 0 Å². The van der Waals surface area contributed by atoms with Crippen LogP contribution in [0.25, 0.3) is 0 Å². The van der Waals surface area contributed by atoms with E-state index in [1.165, 1.54) is 17.4 Å². The van der Waals surface area contributed by atoms with Gasteiger partial charge < -0.3 is 5.11 Å². The van der Waals surface area contributed by atoms with Gasteiger partial charge in [0.15, 0.2) is 11.6 Å². The highest BCUT2D eigenvalue weighted by Gasteiger charge is 2.20. The Morgan fingerprint density at radius 3 is 2.71 bits per heavy atom. The number of aliphatic hydroxyl groups is 1. The van der Waals surface area contributed by atoms with Crippen LogP contribution in [0, 0.1) is 11.6 Å². The van der Waals surface area contributed by atoms with Crippen LogP contribution in [0.3, 0.4) is 0 Å². The molecule has 90 valence electrons. The third kappa shape index (κ3) is 2.65. The fourth-order valence-electron chi connectivity index (χ4n) is 1.57. The lowest BCUT2D eigenvalue weighted by Gasteiger charge is -2.13. The molecule has 0 aliphatic carbocycles. The number of thiophene rings is 1. The van der Waals surface area contributed by atoms with E-state index in [4.69, 9.17) is 11.6 Å². The molecular formula is C12H9ClF2OS. The molecule has 2 aromatic rings. The number of hydrogen-bond donors (Lipinski definition) is 1. The lowest BCUT2D eigenvalue weighted by Crippen LogP contribution is -2.06. The molecule has 1 aromatic carbocycles. The van der Waals surface area contributed by atoms with Crippen molar-refractivity contribution in [1.82, 2.24) is 0 Å². The zero-order chi connectivity index (χ0) is 12.4. The second-order valence-corrected chi connectivity index (χ2v) is 5.00. The highest BCUT2D eigenvalue weighted by molar-refractivity contribution is 7.09. The van der Waals surface area contributed by atoms with Crippen molar-refractivity contribution in [2.75, 3.05) is 0 Å². The molecular weight excluding hydrogens is 266 g/mol. The third-order valence-electron chi connectivity index (χ3n) is 2.39. The minimum atomic E-state index is -1.14. The summed E-state index contributed by atoms with van der Waals surface area (Å²) in [6.07, 6.45) is -0.922. The third-order valence-corrected chi connectivity index (χ3v) is 3.62. The van der Waals surface area contributed by atoms with Gasteiger partial charge >= 0.3 is 0 Å². The predicted octanol–water partition coefficient (Wildman–Crippen LogP) is 3.96. The molecule has 0 radical (unpaired) electrons. The van der Waals surface area contributed by atoms with Gasteiger partial charge in [0, 0.05) is 21.9 Å². The molecule has 0 saturated carbocycles. The molecule has 0 spiro atoms. The number of hydrogen-bond acceptors (Lipinski definition) is 2. The number of benzene rings is 1. The highest BCUT2D eigenvalue weighted by Crippen LogP contribution is 2.30. The summed E-state index contributed by atoms with van der Waals surface area (Å²) in [4.78, 5) is 0.886. The minimum Gasteiger partial charge on any atom is -0.388 e. The molecule has 0 bridgehead atoms. The smallest absolute Gasteiger partial charge is 0.166 e. The van der Waals surface area contributed by atoms with Crippen molar-refractivity contribution >= 4 is 22.9 Å². The van der Waals surface area contributed by atoms with Gasteiger partial charge in [0.1, 0.15) is 0 Å². The van der Waals surface area contributed by atoms with Crippen LogP contribution in [0.4, 0.5) is 8.78 Å². The second-order valence-electron chi connectivity index (χ2n) is 3.56. The summed E-state index contributed by atoms with van der Waals surface area (Å²) in [5.41, 5.74) is -0.180. The van der Waals surface area contributed by atoms with Crippen LogP contribution in [0.1, 0.15) is 16.5 Å². The maximum Gasteiger partial charge on any atom is 0.166 e. The Kier molecular flexibility index (Phi) is 3.76.